The normalized spacial score (nSPS) is 30.3. The molecule has 0 amide bonds. The largest absolute Gasteiger partial charge is 0.467 e. The molecule has 4 nitrogen and oxygen atoms in total. The lowest BCUT2D eigenvalue weighted by Gasteiger charge is -2.18. The first-order valence-electron chi connectivity index (χ1n) is 5.79. The minimum absolute atomic E-state index is 0.0678. The maximum atomic E-state index is 12.9. The number of epoxide rings is 1. The Morgan fingerprint density at radius 2 is 2.17 bits per heavy atom. The molecular weight excluding hydrogens is 237 g/mol. The van der Waals surface area contributed by atoms with E-state index >= 15 is 0 Å². The van der Waals surface area contributed by atoms with Crippen LogP contribution < -0.4 is 0 Å². The summed E-state index contributed by atoms with van der Waals surface area (Å²) in [5, 5.41) is 0. The molecular formula is C13H16FNO3. The van der Waals surface area contributed by atoms with Gasteiger partial charge in [0.25, 0.3) is 0 Å². The van der Waals surface area contributed by atoms with Crippen molar-refractivity contribution in [2.45, 2.75) is 32.0 Å². The Balaban J connectivity index is 2.40. The SMILES string of the molecule is COC(=O)C1(C(C)C)OC1(C)c1ccc(F)cn1. The van der Waals surface area contributed by atoms with Crippen LogP contribution in [0.1, 0.15) is 26.5 Å². The second kappa shape index (κ2) is 4.02. The monoisotopic (exact) mass is 253 g/mol. The van der Waals surface area contributed by atoms with Crippen molar-refractivity contribution in [2.24, 2.45) is 5.92 Å². The molecule has 1 aliphatic rings. The number of hydrogen-bond acceptors (Lipinski definition) is 4. The molecule has 0 radical (unpaired) electrons. The van der Waals surface area contributed by atoms with Crippen molar-refractivity contribution in [1.82, 2.24) is 4.98 Å². The zero-order valence-corrected chi connectivity index (χ0v) is 10.9. The van der Waals surface area contributed by atoms with E-state index in [-0.39, 0.29) is 5.92 Å². The second-order valence-corrected chi connectivity index (χ2v) is 4.88. The number of carbonyl (C=O) groups excluding carboxylic acids is 1. The molecule has 1 aromatic rings. The van der Waals surface area contributed by atoms with Crippen LogP contribution in [-0.2, 0) is 19.9 Å². The quantitative estimate of drug-likeness (QED) is 0.611. The molecule has 5 heteroatoms. The van der Waals surface area contributed by atoms with E-state index in [0.29, 0.717) is 5.69 Å². The summed E-state index contributed by atoms with van der Waals surface area (Å²) in [5.74, 6) is -0.913. The van der Waals surface area contributed by atoms with E-state index < -0.39 is 23.0 Å². The minimum Gasteiger partial charge on any atom is -0.467 e. The van der Waals surface area contributed by atoms with Crippen LogP contribution >= 0.6 is 0 Å². The van der Waals surface area contributed by atoms with E-state index in [9.17, 15) is 9.18 Å². The lowest BCUT2D eigenvalue weighted by atomic mass is 9.82. The predicted octanol–water partition coefficient (Wildman–Crippen LogP) is 2.03. The summed E-state index contributed by atoms with van der Waals surface area (Å²) in [6.45, 7) is 5.53. The standard InChI is InChI=1S/C13H16FNO3/c1-8(2)13(11(16)17-4)12(3,18-13)10-6-5-9(14)7-15-10/h5-8H,1-4H3. The highest BCUT2D eigenvalue weighted by molar-refractivity contribution is 5.85. The zero-order chi connectivity index (χ0) is 13.6. The lowest BCUT2D eigenvalue weighted by molar-refractivity contribution is -0.148. The number of ether oxygens (including phenoxy) is 2. The van der Waals surface area contributed by atoms with Crippen LogP contribution in [0.5, 0.6) is 0 Å². The molecule has 0 spiro atoms. The highest BCUT2D eigenvalue weighted by Gasteiger charge is 2.76. The molecule has 2 unspecified atom stereocenters. The maximum Gasteiger partial charge on any atom is 0.341 e. The molecule has 2 atom stereocenters. The van der Waals surface area contributed by atoms with Crippen LogP contribution in [0.15, 0.2) is 18.3 Å². The van der Waals surface area contributed by atoms with E-state index in [2.05, 4.69) is 4.98 Å². The summed E-state index contributed by atoms with van der Waals surface area (Å²) in [6.07, 6.45) is 1.12. The van der Waals surface area contributed by atoms with Crippen LogP contribution in [0.25, 0.3) is 0 Å². The molecule has 18 heavy (non-hydrogen) atoms. The summed E-state index contributed by atoms with van der Waals surface area (Å²) < 4.78 is 23.4. The Morgan fingerprint density at radius 3 is 2.61 bits per heavy atom. The average molecular weight is 253 g/mol. The number of methoxy groups -OCH3 is 1. The first-order chi connectivity index (χ1) is 8.38. The van der Waals surface area contributed by atoms with Gasteiger partial charge in [-0.25, -0.2) is 9.18 Å². The third kappa shape index (κ3) is 1.54. The van der Waals surface area contributed by atoms with Gasteiger partial charge in [0.1, 0.15) is 11.4 Å². The van der Waals surface area contributed by atoms with Crippen molar-refractivity contribution in [2.75, 3.05) is 7.11 Å². The molecule has 2 heterocycles. The van der Waals surface area contributed by atoms with Crippen LogP contribution in [0.3, 0.4) is 0 Å². The molecule has 0 aromatic carbocycles. The van der Waals surface area contributed by atoms with Crippen molar-refractivity contribution >= 4 is 5.97 Å². The predicted molar refractivity (Wildman–Crippen MR) is 62.2 cm³/mol. The number of carbonyl (C=O) groups is 1. The molecule has 1 saturated heterocycles. The number of halogens is 1. The van der Waals surface area contributed by atoms with E-state index in [1.165, 1.54) is 19.2 Å². The van der Waals surface area contributed by atoms with E-state index in [0.717, 1.165) is 6.20 Å². The summed E-state index contributed by atoms with van der Waals surface area (Å²) >= 11 is 0. The van der Waals surface area contributed by atoms with E-state index in [1.807, 2.05) is 13.8 Å². The summed E-state index contributed by atoms with van der Waals surface area (Å²) in [5.41, 5.74) is -1.36. The minimum atomic E-state index is -1.04. The molecule has 0 aliphatic carbocycles. The Morgan fingerprint density at radius 1 is 1.50 bits per heavy atom. The Labute approximate surface area is 105 Å². The third-order valence-electron chi connectivity index (χ3n) is 3.55. The molecule has 1 aliphatic heterocycles. The second-order valence-electron chi connectivity index (χ2n) is 4.88. The van der Waals surface area contributed by atoms with Crippen LogP contribution in [0.4, 0.5) is 4.39 Å². The van der Waals surface area contributed by atoms with Gasteiger partial charge >= 0.3 is 5.97 Å². The van der Waals surface area contributed by atoms with Crippen LogP contribution in [0, 0.1) is 11.7 Å². The first kappa shape index (κ1) is 13.0. The third-order valence-corrected chi connectivity index (χ3v) is 3.55. The van der Waals surface area contributed by atoms with Crippen molar-refractivity contribution in [3.05, 3.63) is 29.8 Å². The van der Waals surface area contributed by atoms with Crippen LogP contribution in [0.2, 0.25) is 0 Å². The van der Waals surface area contributed by atoms with Crippen molar-refractivity contribution in [1.29, 1.82) is 0 Å². The number of pyridine rings is 1. The maximum absolute atomic E-state index is 12.9. The summed E-state index contributed by atoms with van der Waals surface area (Å²) in [6, 6.07) is 2.83. The van der Waals surface area contributed by atoms with Gasteiger partial charge in [-0.1, -0.05) is 13.8 Å². The number of hydrogen-bond donors (Lipinski definition) is 0. The van der Waals surface area contributed by atoms with Gasteiger partial charge in [0, 0.05) is 0 Å². The number of nitrogens with zero attached hydrogens (tertiary/aromatic N) is 1. The smallest absolute Gasteiger partial charge is 0.341 e. The fraction of sp³-hybridized carbons (Fsp3) is 0.538. The number of esters is 1. The van der Waals surface area contributed by atoms with Gasteiger partial charge in [-0.15, -0.1) is 0 Å². The average Bonchev–Trinajstić information content (AvgIpc) is 2.98. The molecule has 1 fully saturated rings. The lowest BCUT2D eigenvalue weighted by Crippen LogP contribution is -2.38. The topological polar surface area (TPSA) is 51.7 Å². The van der Waals surface area contributed by atoms with Crippen molar-refractivity contribution in [3.8, 4) is 0 Å². The van der Waals surface area contributed by atoms with Crippen molar-refractivity contribution < 1.29 is 18.7 Å². The van der Waals surface area contributed by atoms with Crippen molar-refractivity contribution in [3.63, 3.8) is 0 Å². The van der Waals surface area contributed by atoms with Gasteiger partial charge < -0.3 is 9.47 Å². The van der Waals surface area contributed by atoms with Gasteiger partial charge in [-0.3, -0.25) is 4.98 Å². The fourth-order valence-electron chi connectivity index (χ4n) is 2.49. The van der Waals surface area contributed by atoms with Gasteiger partial charge in [0.2, 0.25) is 5.60 Å². The molecule has 1 aromatic heterocycles. The Bertz CT molecular complexity index is 474. The molecule has 98 valence electrons. The van der Waals surface area contributed by atoms with E-state index in [1.54, 1.807) is 6.92 Å². The summed E-state index contributed by atoms with van der Waals surface area (Å²) in [7, 11) is 1.33. The van der Waals surface area contributed by atoms with Gasteiger partial charge in [-0.05, 0) is 25.0 Å². The van der Waals surface area contributed by atoms with Gasteiger partial charge in [0.15, 0.2) is 0 Å². The first-order valence-corrected chi connectivity index (χ1v) is 5.79. The number of rotatable bonds is 3. The number of aromatic nitrogens is 1. The highest BCUT2D eigenvalue weighted by atomic mass is 19.1. The molecule has 0 bridgehead atoms. The summed E-state index contributed by atoms with van der Waals surface area (Å²) in [4.78, 5) is 15.9. The molecule has 0 N–H and O–H groups in total. The Kier molecular flexibility index (Phi) is 2.89. The van der Waals surface area contributed by atoms with E-state index in [4.69, 9.17) is 9.47 Å². The van der Waals surface area contributed by atoms with Crippen LogP contribution in [-0.4, -0.2) is 23.7 Å². The fourth-order valence-corrected chi connectivity index (χ4v) is 2.49. The van der Waals surface area contributed by atoms with Gasteiger partial charge in [-0.2, -0.15) is 0 Å². The zero-order valence-electron chi connectivity index (χ0n) is 10.9. The highest BCUT2D eigenvalue weighted by Crippen LogP contribution is 2.59. The Hall–Kier alpha value is -1.49. The van der Waals surface area contributed by atoms with Gasteiger partial charge in [0.05, 0.1) is 19.0 Å². The molecule has 2 rings (SSSR count). The molecule has 0 saturated carbocycles.